The van der Waals surface area contributed by atoms with Crippen molar-refractivity contribution in [2.45, 2.75) is 50.0 Å². The van der Waals surface area contributed by atoms with E-state index in [1.807, 2.05) is 12.1 Å². The van der Waals surface area contributed by atoms with Gasteiger partial charge in [-0.2, -0.15) is 4.31 Å². The monoisotopic (exact) mass is 495 g/mol. The Balaban J connectivity index is 1.20. The molecule has 8 nitrogen and oxygen atoms in total. The van der Waals surface area contributed by atoms with E-state index in [1.54, 1.807) is 35.2 Å². The normalized spacial score (nSPS) is 19.2. The van der Waals surface area contributed by atoms with E-state index in [9.17, 15) is 22.8 Å². The van der Waals surface area contributed by atoms with E-state index in [2.05, 4.69) is 0 Å². The van der Waals surface area contributed by atoms with E-state index >= 15 is 0 Å². The molecule has 2 aliphatic heterocycles. The summed E-state index contributed by atoms with van der Waals surface area (Å²) in [5.74, 6) is -0.493. The summed E-state index contributed by atoms with van der Waals surface area (Å²) < 4.78 is 27.9. The van der Waals surface area contributed by atoms with Crippen molar-refractivity contribution in [3.8, 4) is 0 Å². The molecule has 35 heavy (non-hydrogen) atoms. The first-order chi connectivity index (χ1) is 16.8. The summed E-state index contributed by atoms with van der Waals surface area (Å²) in [5.41, 5.74) is 3.66. The van der Waals surface area contributed by atoms with Gasteiger partial charge in [-0.05, 0) is 66.6 Å². The summed E-state index contributed by atoms with van der Waals surface area (Å²) in [4.78, 5) is 39.9. The minimum absolute atomic E-state index is 0.157. The van der Waals surface area contributed by atoms with Gasteiger partial charge in [-0.25, -0.2) is 8.42 Å². The van der Waals surface area contributed by atoms with E-state index in [1.165, 1.54) is 14.8 Å². The lowest BCUT2D eigenvalue weighted by Gasteiger charge is -2.34. The van der Waals surface area contributed by atoms with Gasteiger partial charge in [-0.3, -0.25) is 19.3 Å². The van der Waals surface area contributed by atoms with E-state index in [4.69, 9.17) is 0 Å². The molecule has 2 heterocycles. The topological polar surface area (TPSA) is 95.1 Å². The number of amides is 3. The molecule has 0 spiro atoms. The predicted molar refractivity (Wildman–Crippen MR) is 129 cm³/mol. The fraction of sp³-hybridized carbons (Fsp3) is 0.423. The number of imide groups is 1. The second-order valence-electron chi connectivity index (χ2n) is 9.40. The fourth-order valence-electron chi connectivity index (χ4n) is 5.07. The van der Waals surface area contributed by atoms with E-state index in [-0.39, 0.29) is 50.2 Å². The van der Waals surface area contributed by atoms with Crippen molar-refractivity contribution in [3.63, 3.8) is 0 Å². The predicted octanol–water partition coefficient (Wildman–Crippen LogP) is 2.36. The Bertz CT molecular complexity index is 1250. The van der Waals surface area contributed by atoms with Crippen LogP contribution in [-0.2, 0) is 39.0 Å². The van der Waals surface area contributed by atoms with Crippen LogP contribution in [0.1, 0.15) is 52.7 Å². The zero-order valence-electron chi connectivity index (χ0n) is 19.6. The molecule has 9 heteroatoms. The number of carbonyl (C=O) groups is 3. The van der Waals surface area contributed by atoms with Crippen LogP contribution >= 0.6 is 0 Å². The molecule has 0 radical (unpaired) electrons. The van der Waals surface area contributed by atoms with Crippen molar-refractivity contribution >= 4 is 27.7 Å². The van der Waals surface area contributed by atoms with Crippen molar-refractivity contribution < 1.29 is 22.8 Å². The van der Waals surface area contributed by atoms with Crippen LogP contribution in [0.5, 0.6) is 0 Å². The van der Waals surface area contributed by atoms with Crippen molar-refractivity contribution in [1.82, 2.24) is 14.1 Å². The largest absolute Gasteiger partial charge is 0.336 e. The van der Waals surface area contributed by atoms with Gasteiger partial charge in [0, 0.05) is 44.6 Å². The molecular formula is C26H29N3O5S. The highest BCUT2D eigenvalue weighted by atomic mass is 32.2. The van der Waals surface area contributed by atoms with E-state index in [0.717, 1.165) is 36.8 Å². The van der Waals surface area contributed by atoms with Gasteiger partial charge in [-0.15, -0.1) is 0 Å². The van der Waals surface area contributed by atoms with Gasteiger partial charge >= 0.3 is 0 Å². The minimum Gasteiger partial charge on any atom is -0.336 e. The summed E-state index contributed by atoms with van der Waals surface area (Å²) in [6, 6.07) is 12.4. The average Bonchev–Trinajstić information content (AvgIpc) is 3.20. The average molecular weight is 496 g/mol. The van der Waals surface area contributed by atoms with Gasteiger partial charge in [0.05, 0.1) is 11.4 Å². The van der Waals surface area contributed by atoms with Gasteiger partial charge in [0.25, 0.3) is 5.91 Å². The first-order valence-corrected chi connectivity index (χ1v) is 13.6. The highest BCUT2D eigenvalue weighted by Gasteiger charge is 2.31. The molecule has 2 aromatic carbocycles. The number of rotatable bonds is 5. The van der Waals surface area contributed by atoms with Crippen LogP contribution in [0.15, 0.2) is 47.4 Å². The summed E-state index contributed by atoms with van der Waals surface area (Å²) >= 11 is 0. The van der Waals surface area contributed by atoms with Crippen LogP contribution in [0.25, 0.3) is 0 Å². The molecule has 3 amide bonds. The maximum atomic E-state index is 13.2. The minimum atomic E-state index is -3.60. The molecule has 3 aliphatic rings. The van der Waals surface area contributed by atoms with E-state index < -0.39 is 10.0 Å². The number of benzene rings is 2. The Kier molecular flexibility index (Phi) is 6.46. The Morgan fingerprint density at radius 3 is 2.06 bits per heavy atom. The Morgan fingerprint density at radius 1 is 0.771 bits per heavy atom. The Hall–Kier alpha value is -3.04. The molecule has 2 aromatic rings. The SMILES string of the molecule is O=C(c1ccc(CN2C(=O)CCC2=O)cc1)N1CCN(S(=O)(=O)c2ccc3c(c2)CCCC3)CC1. The summed E-state index contributed by atoms with van der Waals surface area (Å²) in [6.07, 6.45) is 4.67. The van der Waals surface area contributed by atoms with Gasteiger partial charge in [0.2, 0.25) is 21.8 Å². The van der Waals surface area contributed by atoms with Crippen LogP contribution in [-0.4, -0.2) is 66.4 Å². The van der Waals surface area contributed by atoms with Gasteiger partial charge in [0.15, 0.2) is 0 Å². The molecule has 0 unspecified atom stereocenters. The summed E-state index contributed by atoms with van der Waals surface area (Å²) in [6.45, 7) is 1.36. The zero-order valence-corrected chi connectivity index (χ0v) is 20.4. The maximum Gasteiger partial charge on any atom is 0.253 e. The van der Waals surface area contributed by atoms with Crippen LogP contribution in [0.2, 0.25) is 0 Å². The van der Waals surface area contributed by atoms with Crippen molar-refractivity contribution in [2.75, 3.05) is 26.2 Å². The van der Waals surface area contributed by atoms with E-state index in [0.29, 0.717) is 23.5 Å². The number of hydrogen-bond acceptors (Lipinski definition) is 5. The molecule has 184 valence electrons. The number of aryl methyl sites for hydroxylation is 2. The molecule has 0 atom stereocenters. The van der Waals surface area contributed by atoms with Crippen LogP contribution < -0.4 is 0 Å². The number of sulfonamides is 1. The first kappa shape index (κ1) is 23.7. The number of hydrogen-bond donors (Lipinski definition) is 0. The summed E-state index contributed by atoms with van der Waals surface area (Å²) in [7, 11) is -3.60. The third kappa shape index (κ3) is 4.75. The molecule has 0 N–H and O–H groups in total. The third-order valence-electron chi connectivity index (χ3n) is 7.18. The smallest absolute Gasteiger partial charge is 0.253 e. The van der Waals surface area contributed by atoms with Gasteiger partial charge in [-0.1, -0.05) is 18.2 Å². The maximum absolute atomic E-state index is 13.2. The van der Waals surface area contributed by atoms with Crippen molar-refractivity contribution in [3.05, 3.63) is 64.7 Å². The molecular weight excluding hydrogens is 466 g/mol. The lowest BCUT2D eigenvalue weighted by Crippen LogP contribution is -2.50. The van der Waals surface area contributed by atoms with Gasteiger partial charge < -0.3 is 4.90 Å². The number of carbonyl (C=O) groups excluding carboxylic acids is 3. The van der Waals surface area contributed by atoms with Crippen LogP contribution in [0, 0.1) is 0 Å². The Morgan fingerprint density at radius 2 is 1.40 bits per heavy atom. The quantitative estimate of drug-likeness (QED) is 0.594. The fourth-order valence-corrected chi connectivity index (χ4v) is 6.54. The van der Waals surface area contributed by atoms with Crippen molar-refractivity contribution in [2.24, 2.45) is 0 Å². The second kappa shape index (κ2) is 9.54. The molecule has 0 bridgehead atoms. The Labute approximate surface area is 205 Å². The third-order valence-corrected chi connectivity index (χ3v) is 9.07. The second-order valence-corrected chi connectivity index (χ2v) is 11.3. The molecule has 2 fully saturated rings. The highest BCUT2D eigenvalue weighted by Crippen LogP contribution is 2.26. The lowest BCUT2D eigenvalue weighted by atomic mass is 9.92. The first-order valence-electron chi connectivity index (χ1n) is 12.2. The van der Waals surface area contributed by atoms with Crippen molar-refractivity contribution in [1.29, 1.82) is 0 Å². The standard InChI is InChI=1S/C26H29N3O5S/c30-24-11-12-25(31)29(24)18-19-5-7-21(8-6-19)26(32)27-13-15-28(16-14-27)35(33,34)23-10-9-20-3-1-2-4-22(20)17-23/h5-10,17H,1-4,11-16,18H2. The molecule has 0 aromatic heterocycles. The van der Waals surface area contributed by atoms with Crippen LogP contribution in [0.3, 0.4) is 0 Å². The zero-order chi connectivity index (χ0) is 24.6. The molecule has 2 saturated heterocycles. The van der Waals surface area contributed by atoms with Crippen LogP contribution in [0.4, 0.5) is 0 Å². The summed E-state index contributed by atoms with van der Waals surface area (Å²) in [5, 5.41) is 0. The highest BCUT2D eigenvalue weighted by molar-refractivity contribution is 7.89. The van der Waals surface area contributed by atoms with Gasteiger partial charge in [0.1, 0.15) is 0 Å². The lowest BCUT2D eigenvalue weighted by molar-refractivity contribution is -0.139. The number of fused-ring (bicyclic) bond motifs is 1. The number of nitrogens with zero attached hydrogens (tertiary/aromatic N) is 3. The number of likely N-dealkylation sites (tertiary alicyclic amines) is 1. The molecule has 0 saturated carbocycles. The molecule has 5 rings (SSSR count). The number of piperazine rings is 1. The molecule has 1 aliphatic carbocycles.